The number of rotatable bonds is 4. The number of pyridine rings is 1. The maximum atomic E-state index is 12.5. The molecule has 0 bridgehead atoms. The normalized spacial score (nSPS) is 11.4. The quantitative estimate of drug-likeness (QED) is 0.831. The lowest BCUT2D eigenvalue weighted by molar-refractivity contribution is -0.141. The minimum atomic E-state index is -4.54. The molecule has 0 saturated carbocycles. The van der Waals surface area contributed by atoms with Gasteiger partial charge in [0.25, 0.3) is 0 Å². The molecule has 0 aliphatic carbocycles. The maximum Gasteiger partial charge on any atom is 0.433 e. The molecule has 0 atom stereocenters. The maximum absolute atomic E-state index is 12.5. The second kappa shape index (κ2) is 5.71. The third-order valence-electron chi connectivity index (χ3n) is 2.21. The van der Waals surface area contributed by atoms with Crippen molar-refractivity contribution in [3.8, 4) is 11.9 Å². The Morgan fingerprint density at radius 1 is 1.39 bits per heavy atom. The fraction of sp³-hybridized carbons (Fsp3) is 0.500. The molecule has 98 valence electrons. The van der Waals surface area contributed by atoms with Crippen LogP contribution in [0.3, 0.4) is 0 Å². The summed E-state index contributed by atoms with van der Waals surface area (Å²) >= 11 is 0. The zero-order chi connectivity index (χ0) is 13.8. The lowest BCUT2D eigenvalue weighted by Gasteiger charge is -2.11. The molecule has 0 aliphatic rings. The van der Waals surface area contributed by atoms with Crippen LogP contribution in [-0.4, -0.2) is 11.6 Å². The second-order valence-corrected chi connectivity index (χ2v) is 4.19. The topological polar surface area (TPSA) is 45.9 Å². The SMILES string of the molecule is CC(C)CCOc1nc(C(F)(F)F)ccc1C#N. The second-order valence-electron chi connectivity index (χ2n) is 4.19. The number of hydrogen-bond donors (Lipinski definition) is 0. The van der Waals surface area contributed by atoms with Crippen LogP contribution in [-0.2, 0) is 6.18 Å². The summed E-state index contributed by atoms with van der Waals surface area (Å²) in [5, 5.41) is 8.77. The highest BCUT2D eigenvalue weighted by Crippen LogP contribution is 2.30. The highest BCUT2D eigenvalue weighted by molar-refractivity contribution is 5.39. The van der Waals surface area contributed by atoms with Gasteiger partial charge in [0.2, 0.25) is 5.88 Å². The van der Waals surface area contributed by atoms with Crippen molar-refractivity contribution in [2.24, 2.45) is 5.92 Å². The van der Waals surface area contributed by atoms with Crippen LogP contribution in [0, 0.1) is 17.2 Å². The molecule has 1 heterocycles. The zero-order valence-corrected chi connectivity index (χ0v) is 10.1. The van der Waals surface area contributed by atoms with E-state index < -0.39 is 11.9 Å². The largest absolute Gasteiger partial charge is 0.477 e. The number of aromatic nitrogens is 1. The van der Waals surface area contributed by atoms with E-state index in [4.69, 9.17) is 10.00 Å². The van der Waals surface area contributed by atoms with E-state index in [9.17, 15) is 13.2 Å². The van der Waals surface area contributed by atoms with Crippen molar-refractivity contribution < 1.29 is 17.9 Å². The number of alkyl halides is 3. The van der Waals surface area contributed by atoms with Crippen molar-refractivity contribution in [1.29, 1.82) is 5.26 Å². The monoisotopic (exact) mass is 258 g/mol. The van der Waals surface area contributed by atoms with E-state index >= 15 is 0 Å². The van der Waals surface area contributed by atoms with Crippen LogP contribution < -0.4 is 4.74 Å². The fourth-order valence-electron chi connectivity index (χ4n) is 1.18. The number of nitriles is 1. The number of ether oxygens (including phenoxy) is 1. The molecule has 0 saturated heterocycles. The van der Waals surface area contributed by atoms with Crippen molar-refractivity contribution in [2.75, 3.05) is 6.61 Å². The van der Waals surface area contributed by atoms with Crippen LogP contribution in [0.4, 0.5) is 13.2 Å². The molecule has 0 unspecified atom stereocenters. The van der Waals surface area contributed by atoms with Crippen molar-refractivity contribution in [2.45, 2.75) is 26.4 Å². The Kier molecular flexibility index (Phi) is 4.54. The lowest BCUT2D eigenvalue weighted by Crippen LogP contribution is -2.11. The van der Waals surface area contributed by atoms with Crippen molar-refractivity contribution in [3.63, 3.8) is 0 Å². The third kappa shape index (κ3) is 3.91. The summed E-state index contributed by atoms with van der Waals surface area (Å²) in [5.74, 6) is 0.106. The molecule has 6 heteroatoms. The first-order valence-electron chi connectivity index (χ1n) is 5.45. The van der Waals surface area contributed by atoms with Crippen LogP contribution in [0.5, 0.6) is 5.88 Å². The summed E-state index contributed by atoms with van der Waals surface area (Å²) in [5.41, 5.74) is -1.05. The molecule has 1 rings (SSSR count). The molecule has 0 fully saturated rings. The van der Waals surface area contributed by atoms with E-state index in [0.717, 1.165) is 12.1 Å². The Hall–Kier alpha value is -1.77. The van der Waals surface area contributed by atoms with Gasteiger partial charge in [0.05, 0.1) is 6.61 Å². The van der Waals surface area contributed by atoms with Gasteiger partial charge in [-0.05, 0) is 24.5 Å². The first-order chi connectivity index (χ1) is 8.34. The Labute approximate surface area is 103 Å². The molecule has 0 radical (unpaired) electrons. The summed E-state index contributed by atoms with van der Waals surface area (Å²) < 4.78 is 42.5. The minimum Gasteiger partial charge on any atom is -0.477 e. The summed E-state index contributed by atoms with van der Waals surface area (Å²) in [4.78, 5) is 3.34. The lowest BCUT2D eigenvalue weighted by atomic mass is 10.1. The highest BCUT2D eigenvalue weighted by atomic mass is 19.4. The Morgan fingerprint density at radius 3 is 2.56 bits per heavy atom. The molecule has 0 amide bonds. The smallest absolute Gasteiger partial charge is 0.433 e. The summed E-state index contributed by atoms with van der Waals surface area (Å²) in [6.07, 6.45) is -3.85. The van der Waals surface area contributed by atoms with Crippen molar-refractivity contribution in [3.05, 3.63) is 23.4 Å². The first-order valence-corrected chi connectivity index (χ1v) is 5.45. The molecular weight excluding hydrogens is 245 g/mol. The zero-order valence-electron chi connectivity index (χ0n) is 10.1. The Bertz CT molecular complexity index is 450. The van der Waals surface area contributed by atoms with Gasteiger partial charge < -0.3 is 4.74 Å². The first kappa shape index (κ1) is 14.3. The summed E-state index contributed by atoms with van der Waals surface area (Å²) in [6.45, 7) is 4.17. The van der Waals surface area contributed by atoms with Crippen LogP contribution in [0.1, 0.15) is 31.5 Å². The van der Waals surface area contributed by atoms with Crippen LogP contribution in [0.25, 0.3) is 0 Å². The fourth-order valence-corrected chi connectivity index (χ4v) is 1.18. The Balaban J connectivity index is 2.90. The van der Waals surface area contributed by atoms with Gasteiger partial charge in [0, 0.05) is 0 Å². The number of halogens is 3. The van der Waals surface area contributed by atoms with E-state index in [1.165, 1.54) is 0 Å². The van der Waals surface area contributed by atoms with Gasteiger partial charge in [-0.2, -0.15) is 18.4 Å². The Morgan fingerprint density at radius 2 is 2.06 bits per heavy atom. The van der Waals surface area contributed by atoms with Gasteiger partial charge in [0.1, 0.15) is 17.3 Å². The summed E-state index contributed by atoms with van der Waals surface area (Å²) in [6, 6.07) is 3.60. The van der Waals surface area contributed by atoms with Crippen LogP contribution in [0.2, 0.25) is 0 Å². The predicted molar refractivity (Wildman–Crippen MR) is 58.9 cm³/mol. The van der Waals surface area contributed by atoms with E-state index in [1.807, 2.05) is 13.8 Å². The van der Waals surface area contributed by atoms with Gasteiger partial charge in [-0.25, -0.2) is 4.98 Å². The molecule has 0 spiro atoms. The van der Waals surface area contributed by atoms with Gasteiger partial charge in [-0.3, -0.25) is 0 Å². The van der Waals surface area contributed by atoms with Gasteiger partial charge in [0.15, 0.2) is 0 Å². The molecular formula is C12H13F3N2O. The van der Waals surface area contributed by atoms with E-state index in [1.54, 1.807) is 6.07 Å². The molecule has 0 aliphatic heterocycles. The number of hydrogen-bond acceptors (Lipinski definition) is 3. The van der Waals surface area contributed by atoms with Gasteiger partial charge in [-0.1, -0.05) is 13.8 Å². The molecule has 1 aromatic heterocycles. The average molecular weight is 258 g/mol. The minimum absolute atomic E-state index is 0.00626. The average Bonchev–Trinajstić information content (AvgIpc) is 2.27. The molecule has 3 nitrogen and oxygen atoms in total. The molecule has 0 N–H and O–H groups in total. The molecule has 1 aromatic rings. The summed E-state index contributed by atoms with van der Waals surface area (Å²) in [7, 11) is 0. The highest BCUT2D eigenvalue weighted by Gasteiger charge is 2.33. The van der Waals surface area contributed by atoms with Gasteiger partial charge >= 0.3 is 6.18 Å². The van der Waals surface area contributed by atoms with Crippen LogP contribution in [0.15, 0.2) is 12.1 Å². The van der Waals surface area contributed by atoms with Crippen LogP contribution >= 0.6 is 0 Å². The number of nitrogens with zero attached hydrogens (tertiary/aromatic N) is 2. The van der Waals surface area contributed by atoms with Crippen molar-refractivity contribution in [1.82, 2.24) is 4.98 Å². The van der Waals surface area contributed by atoms with Crippen molar-refractivity contribution >= 4 is 0 Å². The molecule has 0 aromatic carbocycles. The van der Waals surface area contributed by atoms with E-state index in [0.29, 0.717) is 12.3 Å². The van der Waals surface area contributed by atoms with E-state index in [-0.39, 0.29) is 18.1 Å². The standard InChI is InChI=1S/C12H13F3N2O/c1-8(2)5-6-18-11-9(7-16)3-4-10(17-11)12(13,14)15/h3-4,8H,5-6H2,1-2H3. The predicted octanol–water partition coefficient (Wildman–Crippen LogP) is 3.40. The molecule has 18 heavy (non-hydrogen) atoms. The van der Waals surface area contributed by atoms with Gasteiger partial charge in [-0.15, -0.1) is 0 Å². The third-order valence-corrected chi connectivity index (χ3v) is 2.21. The van der Waals surface area contributed by atoms with E-state index in [2.05, 4.69) is 4.98 Å².